The van der Waals surface area contributed by atoms with Gasteiger partial charge in [0.25, 0.3) is 0 Å². The summed E-state index contributed by atoms with van der Waals surface area (Å²) in [6, 6.07) is 2.07. The fraction of sp³-hybridized carbons (Fsp3) is 0.714. The van der Waals surface area contributed by atoms with Crippen molar-refractivity contribution < 1.29 is 0 Å². The topological polar surface area (TPSA) is 37.8 Å². The molecule has 1 rings (SSSR count). The van der Waals surface area contributed by atoms with Crippen molar-refractivity contribution in [1.82, 2.24) is 15.3 Å². The summed E-state index contributed by atoms with van der Waals surface area (Å²) >= 11 is 1.91. The molecule has 4 heteroatoms. The fourth-order valence-electron chi connectivity index (χ4n) is 1.65. The lowest BCUT2D eigenvalue weighted by Gasteiger charge is -2.09. The second-order valence-corrected chi connectivity index (χ2v) is 6.10. The molecule has 0 radical (unpaired) electrons. The monoisotopic (exact) mass is 267 g/mol. The van der Waals surface area contributed by atoms with E-state index in [9.17, 15) is 0 Å². The molecule has 0 saturated heterocycles. The molecule has 0 aromatic carbocycles. The Morgan fingerprint density at radius 1 is 1.33 bits per heavy atom. The van der Waals surface area contributed by atoms with Crippen molar-refractivity contribution in [2.45, 2.75) is 46.4 Å². The lowest BCUT2D eigenvalue weighted by molar-refractivity contribution is 0.547. The maximum absolute atomic E-state index is 4.61. The zero-order valence-corrected chi connectivity index (χ0v) is 12.8. The smallest absolute Gasteiger partial charge is 0.138 e. The molecule has 0 fully saturated rings. The molecule has 0 aliphatic carbocycles. The number of thioether (sulfide) groups is 1. The van der Waals surface area contributed by atoms with Crippen LogP contribution in [0.1, 0.15) is 44.4 Å². The predicted octanol–water partition coefficient (Wildman–Crippen LogP) is 3.17. The van der Waals surface area contributed by atoms with Crippen LogP contribution in [-0.4, -0.2) is 22.3 Å². The molecule has 0 atom stereocenters. The van der Waals surface area contributed by atoms with Crippen molar-refractivity contribution in [3.8, 4) is 0 Å². The number of hydrogen-bond donors (Lipinski definition) is 1. The number of nitrogens with zero attached hydrogens (tertiary/aromatic N) is 2. The molecule has 0 unspecified atom stereocenters. The van der Waals surface area contributed by atoms with Gasteiger partial charge in [-0.3, -0.25) is 0 Å². The van der Waals surface area contributed by atoms with Crippen LogP contribution in [-0.2, 0) is 12.3 Å². The Morgan fingerprint density at radius 3 is 2.78 bits per heavy atom. The molecular formula is C14H25N3S. The van der Waals surface area contributed by atoms with Crippen molar-refractivity contribution >= 4 is 11.8 Å². The van der Waals surface area contributed by atoms with Crippen LogP contribution in [0.15, 0.2) is 6.07 Å². The van der Waals surface area contributed by atoms with E-state index in [0.717, 1.165) is 36.1 Å². The molecule has 1 N–H and O–H groups in total. The molecule has 0 bridgehead atoms. The average molecular weight is 267 g/mol. The van der Waals surface area contributed by atoms with E-state index in [1.165, 1.54) is 12.2 Å². The van der Waals surface area contributed by atoms with Gasteiger partial charge in [-0.2, -0.15) is 11.8 Å². The highest BCUT2D eigenvalue weighted by molar-refractivity contribution is 7.98. The van der Waals surface area contributed by atoms with Crippen molar-refractivity contribution in [3.63, 3.8) is 0 Å². The van der Waals surface area contributed by atoms with Gasteiger partial charge in [0.05, 0.1) is 11.4 Å². The van der Waals surface area contributed by atoms with Crippen molar-refractivity contribution in [3.05, 3.63) is 23.3 Å². The fourth-order valence-corrected chi connectivity index (χ4v) is 2.40. The summed E-state index contributed by atoms with van der Waals surface area (Å²) in [7, 11) is 0. The van der Waals surface area contributed by atoms with Crippen LogP contribution in [0.3, 0.4) is 0 Å². The van der Waals surface area contributed by atoms with Gasteiger partial charge >= 0.3 is 0 Å². The Morgan fingerprint density at radius 2 is 2.11 bits per heavy atom. The molecular weight excluding hydrogens is 242 g/mol. The number of nitrogens with one attached hydrogen (secondary N) is 1. The maximum atomic E-state index is 4.61. The Hall–Kier alpha value is -0.610. The van der Waals surface area contributed by atoms with E-state index in [1.54, 1.807) is 0 Å². The third-order valence-electron chi connectivity index (χ3n) is 2.39. The van der Waals surface area contributed by atoms with Gasteiger partial charge in [0.1, 0.15) is 5.82 Å². The minimum absolute atomic E-state index is 0.674. The van der Waals surface area contributed by atoms with Gasteiger partial charge in [-0.25, -0.2) is 9.97 Å². The van der Waals surface area contributed by atoms with Gasteiger partial charge in [-0.1, -0.05) is 20.8 Å². The zero-order valence-electron chi connectivity index (χ0n) is 12.0. The van der Waals surface area contributed by atoms with Gasteiger partial charge < -0.3 is 5.32 Å². The molecule has 0 aliphatic rings. The van der Waals surface area contributed by atoms with Crippen LogP contribution in [0.4, 0.5) is 0 Å². The predicted molar refractivity (Wildman–Crippen MR) is 79.8 cm³/mol. The first kappa shape index (κ1) is 15.4. The van der Waals surface area contributed by atoms with Crippen molar-refractivity contribution in [2.75, 3.05) is 12.3 Å². The van der Waals surface area contributed by atoms with Crippen LogP contribution in [0.5, 0.6) is 0 Å². The minimum atomic E-state index is 0.674. The first-order valence-corrected chi connectivity index (χ1v) is 7.89. The second kappa shape index (κ2) is 8.48. The zero-order chi connectivity index (χ0) is 13.4. The normalized spacial score (nSPS) is 11.2. The van der Waals surface area contributed by atoms with E-state index < -0.39 is 0 Å². The van der Waals surface area contributed by atoms with Crippen molar-refractivity contribution in [2.24, 2.45) is 5.92 Å². The van der Waals surface area contributed by atoms with Gasteiger partial charge in [-0.15, -0.1) is 0 Å². The van der Waals surface area contributed by atoms with Gasteiger partial charge in [0, 0.05) is 12.2 Å². The molecule has 3 nitrogen and oxygen atoms in total. The minimum Gasteiger partial charge on any atom is -0.311 e. The van der Waals surface area contributed by atoms with E-state index in [1.807, 2.05) is 18.7 Å². The van der Waals surface area contributed by atoms with Crippen LogP contribution in [0.25, 0.3) is 0 Å². The molecule has 18 heavy (non-hydrogen) atoms. The highest BCUT2D eigenvalue weighted by Gasteiger charge is 2.03. The first-order chi connectivity index (χ1) is 8.61. The third kappa shape index (κ3) is 6.36. The second-order valence-electron chi connectivity index (χ2n) is 4.99. The molecule has 0 amide bonds. The molecule has 0 spiro atoms. The summed E-state index contributed by atoms with van der Waals surface area (Å²) in [6.07, 6.45) is 1.21. The Kier molecular flexibility index (Phi) is 7.28. The molecule has 1 aromatic rings. The van der Waals surface area contributed by atoms with Crippen LogP contribution >= 0.6 is 11.8 Å². The number of hydrogen-bond acceptors (Lipinski definition) is 4. The van der Waals surface area contributed by atoms with Gasteiger partial charge in [0.15, 0.2) is 0 Å². The van der Waals surface area contributed by atoms with Gasteiger partial charge in [-0.05, 0) is 37.6 Å². The first-order valence-electron chi connectivity index (χ1n) is 6.73. The van der Waals surface area contributed by atoms with Crippen LogP contribution in [0, 0.1) is 12.8 Å². The highest BCUT2D eigenvalue weighted by atomic mass is 32.2. The highest BCUT2D eigenvalue weighted by Crippen LogP contribution is 2.11. The van der Waals surface area contributed by atoms with Crippen LogP contribution in [0.2, 0.25) is 0 Å². The van der Waals surface area contributed by atoms with E-state index in [2.05, 4.69) is 42.1 Å². The summed E-state index contributed by atoms with van der Waals surface area (Å²) < 4.78 is 0. The molecule has 102 valence electrons. The van der Waals surface area contributed by atoms with E-state index >= 15 is 0 Å². The molecule has 1 aromatic heterocycles. The average Bonchev–Trinajstić information content (AvgIpc) is 2.28. The van der Waals surface area contributed by atoms with Crippen molar-refractivity contribution in [1.29, 1.82) is 0 Å². The third-order valence-corrected chi connectivity index (χ3v) is 3.55. The number of aromatic nitrogens is 2. The standard InChI is InChI=1S/C14H25N3S/c1-5-6-18-10-14-16-12(4)7-13(17-14)9-15-8-11(2)3/h7,11,15H,5-6,8-10H2,1-4H3. The number of rotatable bonds is 8. The molecule has 1 heterocycles. The Labute approximate surface area is 115 Å². The van der Waals surface area contributed by atoms with E-state index in [4.69, 9.17) is 0 Å². The summed E-state index contributed by atoms with van der Waals surface area (Å²) in [5.74, 6) is 3.74. The van der Waals surface area contributed by atoms with E-state index in [-0.39, 0.29) is 0 Å². The summed E-state index contributed by atoms with van der Waals surface area (Å²) in [5.41, 5.74) is 2.17. The van der Waals surface area contributed by atoms with E-state index in [0.29, 0.717) is 5.92 Å². The number of aryl methyl sites for hydroxylation is 1. The lowest BCUT2D eigenvalue weighted by Crippen LogP contribution is -2.20. The van der Waals surface area contributed by atoms with Crippen LogP contribution < -0.4 is 5.32 Å². The summed E-state index contributed by atoms with van der Waals surface area (Å²) in [4.78, 5) is 9.10. The Balaban J connectivity index is 2.51. The summed E-state index contributed by atoms with van der Waals surface area (Å²) in [6.45, 7) is 10.5. The lowest BCUT2D eigenvalue weighted by atomic mass is 10.2. The maximum Gasteiger partial charge on any atom is 0.138 e. The largest absolute Gasteiger partial charge is 0.311 e. The molecule has 0 saturated carbocycles. The quantitative estimate of drug-likeness (QED) is 0.734. The Bertz CT molecular complexity index is 353. The molecule has 0 aliphatic heterocycles. The summed E-state index contributed by atoms with van der Waals surface area (Å²) in [5, 5.41) is 3.43. The SMILES string of the molecule is CCCSCc1nc(C)cc(CNCC(C)C)n1. The van der Waals surface area contributed by atoms with Gasteiger partial charge in [0.2, 0.25) is 0 Å².